The number of aliphatic hydroxyl groups is 1. The van der Waals surface area contributed by atoms with E-state index in [0.717, 1.165) is 12.3 Å². The Hall–Kier alpha value is -0.440. The van der Waals surface area contributed by atoms with Gasteiger partial charge in [0.25, 0.3) is 0 Å². The molecule has 4 atom stereocenters. The summed E-state index contributed by atoms with van der Waals surface area (Å²) in [5.74, 6) is 1.43. The molecule has 0 saturated heterocycles. The molecule has 3 aliphatic carbocycles. The third-order valence-electron chi connectivity index (χ3n) is 5.57. The first kappa shape index (κ1) is 13.5. The Labute approximate surface area is 116 Å². The molecule has 3 nitrogen and oxygen atoms in total. The molecule has 0 aromatic rings. The largest absolute Gasteiger partial charge is 0.391 e. The van der Waals surface area contributed by atoms with Gasteiger partial charge in [-0.05, 0) is 43.9 Å². The van der Waals surface area contributed by atoms with E-state index in [4.69, 9.17) is 0 Å². The van der Waals surface area contributed by atoms with E-state index in [2.05, 4.69) is 10.2 Å². The number of hydrogen-bond donors (Lipinski definition) is 1. The van der Waals surface area contributed by atoms with Crippen molar-refractivity contribution in [3.05, 3.63) is 0 Å². The van der Waals surface area contributed by atoms with Gasteiger partial charge < -0.3 is 5.11 Å². The first-order valence-corrected chi connectivity index (χ1v) is 8.42. The van der Waals surface area contributed by atoms with Crippen LogP contribution >= 0.6 is 0 Å². The van der Waals surface area contributed by atoms with Gasteiger partial charge >= 0.3 is 0 Å². The lowest BCUT2D eigenvalue weighted by Gasteiger charge is -2.41. The second kappa shape index (κ2) is 6.34. The highest BCUT2D eigenvalue weighted by atomic mass is 16.3. The van der Waals surface area contributed by atoms with E-state index in [1.165, 1.54) is 64.2 Å². The quantitative estimate of drug-likeness (QED) is 0.750. The third-order valence-corrected chi connectivity index (χ3v) is 5.57. The first-order chi connectivity index (χ1) is 9.34. The van der Waals surface area contributed by atoms with E-state index < -0.39 is 0 Å². The van der Waals surface area contributed by atoms with E-state index in [0.29, 0.717) is 12.0 Å². The van der Waals surface area contributed by atoms with Gasteiger partial charge in [-0.2, -0.15) is 10.2 Å². The summed E-state index contributed by atoms with van der Waals surface area (Å²) >= 11 is 0. The summed E-state index contributed by atoms with van der Waals surface area (Å²) in [6.45, 7) is 0. The average Bonchev–Trinajstić information content (AvgIpc) is 2.47. The molecular formula is C16H28N2O. The number of fused-ring (bicyclic) bond motifs is 1. The van der Waals surface area contributed by atoms with Crippen molar-refractivity contribution in [2.24, 2.45) is 22.1 Å². The van der Waals surface area contributed by atoms with E-state index in [1.807, 2.05) is 0 Å². The van der Waals surface area contributed by atoms with Crippen molar-refractivity contribution < 1.29 is 5.11 Å². The van der Waals surface area contributed by atoms with Gasteiger partial charge in [-0.1, -0.05) is 38.5 Å². The maximum Gasteiger partial charge on any atom is 0.0997 e. The number of rotatable bonds is 2. The zero-order valence-corrected chi connectivity index (χ0v) is 12.0. The van der Waals surface area contributed by atoms with Gasteiger partial charge in [-0.3, -0.25) is 0 Å². The molecule has 3 saturated carbocycles. The highest BCUT2D eigenvalue weighted by molar-refractivity contribution is 4.93. The molecule has 1 N–H and O–H groups in total. The normalized spacial score (nSPS) is 41.3. The van der Waals surface area contributed by atoms with Crippen LogP contribution in [0.15, 0.2) is 10.2 Å². The number of aliphatic hydroxyl groups excluding tert-OH is 1. The van der Waals surface area contributed by atoms with Gasteiger partial charge in [0.15, 0.2) is 0 Å². The molecule has 0 amide bonds. The van der Waals surface area contributed by atoms with Gasteiger partial charge in [0.05, 0.1) is 18.2 Å². The molecule has 0 heterocycles. The molecule has 0 bridgehead atoms. The summed E-state index contributed by atoms with van der Waals surface area (Å²) in [7, 11) is 0. The fourth-order valence-corrected chi connectivity index (χ4v) is 4.42. The van der Waals surface area contributed by atoms with Crippen LogP contribution < -0.4 is 0 Å². The second-order valence-corrected chi connectivity index (χ2v) is 6.87. The molecule has 108 valence electrons. The maximum absolute atomic E-state index is 10.3. The molecule has 3 aliphatic rings. The molecule has 19 heavy (non-hydrogen) atoms. The molecule has 0 radical (unpaired) electrons. The molecule has 3 heteroatoms. The summed E-state index contributed by atoms with van der Waals surface area (Å²) in [6.07, 6.45) is 13.6. The second-order valence-electron chi connectivity index (χ2n) is 6.87. The molecule has 0 aromatic carbocycles. The minimum Gasteiger partial charge on any atom is -0.391 e. The standard InChI is InChI=1S/C16H28N2O/c19-15-11-10-12-6-4-5-9-14(12)16(15)18-17-13-7-2-1-3-8-13/h12-16,19H,1-11H2. The minimum absolute atomic E-state index is 0.112. The van der Waals surface area contributed by atoms with Crippen LogP contribution in [-0.2, 0) is 0 Å². The Morgan fingerprint density at radius 3 is 2.26 bits per heavy atom. The van der Waals surface area contributed by atoms with Crippen molar-refractivity contribution in [2.75, 3.05) is 0 Å². The highest BCUT2D eigenvalue weighted by Gasteiger charge is 2.40. The van der Waals surface area contributed by atoms with Crippen LogP contribution in [-0.4, -0.2) is 23.3 Å². The van der Waals surface area contributed by atoms with E-state index >= 15 is 0 Å². The molecule has 4 unspecified atom stereocenters. The fourth-order valence-electron chi connectivity index (χ4n) is 4.42. The van der Waals surface area contributed by atoms with Crippen LogP contribution in [0.5, 0.6) is 0 Å². The lowest BCUT2D eigenvalue weighted by molar-refractivity contribution is 0.0236. The van der Waals surface area contributed by atoms with E-state index in [-0.39, 0.29) is 12.1 Å². The van der Waals surface area contributed by atoms with Gasteiger partial charge in [0, 0.05) is 0 Å². The van der Waals surface area contributed by atoms with Crippen LogP contribution in [0.1, 0.15) is 70.6 Å². The topological polar surface area (TPSA) is 45.0 Å². The number of nitrogens with zero attached hydrogens (tertiary/aromatic N) is 2. The van der Waals surface area contributed by atoms with Crippen molar-refractivity contribution in [3.63, 3.8) is 0 Å². The smallest absolute Gasteiger partial charge is 0.0997 e. The van der Waals surface area contributed by atoms with Crippen LogP contribution in [0.2, 0.25) is 0 Å². The summed E-state index contributed by atoms with van der Waals surface area (Å²) in [6, 6.07) is 0.561. The van der Waals surface area contributed by atoms with Gasteiger partial charge in [0.1, 0.15) is 0 Å². The van der Waals surface area contributed by atoms with Crippen LogP contribution in [0.25, 0.3) is 0 Å². The van der Waals surface area contributed by atoms with Crippen LogP contribution in [0.3, 0.4) is 0 Å². The molecule has 3 fully saturated rings. The van der Waals surface area contributed by atoms with Crippen molar-refractivity contribution >= 4 is 0 Å². The minimum atomic E-state index is -0.230. The van der Waals surface area contributed by atoms with Crippen LogP contribution in [0, 0.1) is 11.8 Å². The molecular weight excluding hydrogens is 236 g/mol. The Morgan fingerprint density at radius 2 is 1.42 bits per heavy atom. The zero-order valence-electron chi connectivity index (χ0n) is 12.0. The average molecular weight is 264 g/mol. The summed E-state index contributed by atoms with van der Waals surface area (Å²) in [4.78, 5) is 0. The fraction of sp³-hybridized carbons (Fsp3) is 1.00. The highest BCUT2D eigenvalue weighted by Crippen LogP contribution is 2.42. The molecule has 0 aliphatic heterocycles. The predicted molar refractivity (Wildman–Crippen MR) is 76.2 cm³/mol. The van der Waals surface area contributed by atoms with Crippen molar-refractivity contribution in [2.45, 2.75) is 88.8 Å². The van der Waals surface area contributed by atoms with Crippen LogP contribution in [0.4, 0.5) is 0 Å². The Morgan fingerprint density at radius 1 is 0.684 bits per heavy atom. The predicted octanol–water partition coefficient (Wildman–Crippen LogP) is 4.10. The van der Waals surface area contributed by atoms with E-state index in [1.54, 1.807) is 0 Å². The molecule has 3 rings (SSSR count). The van der Waals surface area contributed by atoms with Crippen molar-refractivity contribution in [1.29, 1.82) is 0 Å². The Kier molecular flexibility index (Phi) is 4.52. The van der Waals surface area contributed by atoms with Crippen molar-refractivity contribution in [1.82, 2.24) is 0 Å². The summed E-state index contributed by atoms with van der Waals surface area (Å²) < 4.78 is 0. The molecule has 0 spiro atoms. The van der Waals surface area contributed by atoms with E-state index in [9.17, 15) is 5.11 Å². The molecule has 0 aromatic heterocycles. The van der Waals surface area contributed by atoms with Gasteiger partial charge in [0.2, 0.25) is 0 Å². The number of azo groups is 1. The summed E-state index contributed by atoms with van der Waals surface area (Å²) in [5, 5.41) is 19.5. The third kappa shape index (κ3) is 3.18. The van der Waals surface area contributed by atoms with Crippen molar-refractivity contribution in [3.8, 4) is 0 Å². The monoisotopic (exact) mass is 264 g/mol. The summed E-state index contributed by atoms with van der Waals surface area (Å²) in [5.41, 5.74) is 0. The Bertz CT molecular complexity index is 312. The zero-order chi connectivity index (χ0) is 13.1. The van der Waals surface area contributed by atoms with Gasteiger partial charge in [-0.25, -0.2) is 0 Å². The van der Waals surface area contributed by atoms with Gasteiger partial charge in [-0.15, -0.1) is 0 Å². The lowest BCUT2D eigenvalue weighted by Crippen LogP contribution is -2.42. The SMILES string of the molecule is OC1CCC2CCCCC2C1N=NC1CCCCC1. The lowest BCUT2D eigenvalue weighted by atomic mass is 9.67. The maximum atomic E-state index is 10.3. The number of hydrogen-bond acceptors (Lipinski definition) is 3. The first-order valence-electron chi connectivity index (χ1n) is 8.42. The Balaban J connectivity index is 1.64.